The molecule has 0 amide bonds. The van der Waals surface area contributed by atoms with Crippen molar-refractivity contribution in [3.8, 4) is 0 Å². The zero-order valence-corrected chi connectivity index (χ0v) is 14.9. The Balaban J connectivity index is 1.64. The second kappa shape index (κ2) is 7.03. The first kappa shape index (κ1) is 18.1. The summed E-state index contributed by atoms with van der Waals surface area (Å²) in [7, 11) is 0. The summed E-state index contributed by atoms with van der Waals surface area (Å²) < 4.78 is 45.4. The third-order valence-electron chi connectivity index (χ3n) is 5.32. The Morgan fingerprint density at radius 3 is 2.48 bits per heavy atom. The van der Waals surface area contributed by atoms with E-state index in [1.807, 2.05) is 24.3 Å². The molecular weight excluding hydrogens is 355 g/mol. The molecule has 0 saturated carbocycles. The molecular formula is C20H22F3N3O. The maximum atomic E-state index is 13.3. The maximum absolute atomic E-state index is 13.3. The Morgan fingerprint density at radius 1 is 1.04 bits per heavy atom. The fraction of sp³-hybridized carbons (Fsp3) is 0.450. The number of benzene rings is 1. The van der Waals surface area contributed by atoms with Crippen LogP contribution < -0.4 is 10.6 Å². The van der Waals surface area contributed by atoms with Crippen molar-refractivity contribution in [3.05, 3.63) is 47.6 Å². The van der Waals surface area contributed by atoms with Crippen molar-refractivity contribution >= 4 is 17.2 Å². The molecule has 144 valence electrons. The molecule has 1 spiro atoms. The Labute approximate surface area is 156 Å². The van der Waals surface area contributed by atoms with E-state index >= 15 is 0 Å². The molecule has 27 heavy (non-hydrogen) atoms. The van der Waals surface area contributed by atoms with Crippen molar-refractivity contribution in [3.63, 3.8) is 0 Å². The van der Waals surface area contributed by atoms with Gasteiger partial charge in [0.1, 0.15) is 5.84 Å². The monoisotopic (exact) mass is 377 g/mol. The average Bonchev–Trinajstić information content (AvgIpc) is 2.66. The highest BCUT2D eigenvalue weighted by atomic mass is 19.4. The zero-order valence-electron chi connectivity index (χ0n) is 14.9. The lowest BCUT2D eigenvalue weighted by atomic mass is 9.86. The summed E-state index contributed by atoms with van der Waals surface area (Å²) in [5, 5.41) is 6.92. The van der Waals surface area contributed by atoms with Gasteiger partial charge in [-0.05, 0) is 30.5 Å². The van der Waals surface area contributed by atoms with E-state index in [9.17, 15) is 13.2 Å². The third kappa shape index (κ3) is 3.60. The molecule has 0 atom stereocenters. The van der Waals surface area contributed by atoms with Crippen LogP contribution in [0.4, 0.5) is 24.5 Å². The summed E-state index contributed by atoms with van der Waals surface area (Å²) in [5.74, 6) is 0.692. The molecule has 3 aliphatic rings. The highest BCUT2D eigenvalue weighted by Gasteiger charge is 2.42. The number of nitrogens with one attached hydrogen (secondary N) is 2. The Morgan fingerprint density at radius 2 is 1.74 bits per heavy atom. The Bertz CT molecular complexity index is 805. The van der Waals surface area contributed by atoms with Crippen LogP contribution in [0.25, 0.3) is 0 Å². The van der Waals surface area contributed by atoms with E-state index in [1.54, 1.807) is 6.08 Å². The standard InChI is InChI=1S/C20H22F3N3O/c21-20(22,23)15-6-2-1-5-14(15)13-24-18-19(9-11-27-12-10-19)26-17-8-4-3-7-16(17)25-18/h3-8,26H,1-2,9-13H2,(H,24,25). The largest absolute Gasteiger partial charge is 0.416 e. The van der Waals surface area contributed by atoms with E-state index in [-0.39, 0.29) is 12.1 Å². The van der Waals surface area contributed by atoms with E-state index in [4.69, 9.17) is 4.74 Å². The number of nitrogens with zero attached hydrogens (tertiary/aromatic N) is 1. The number of hydrogen-bond acceptors (Lipinski definition) is 3. The second-order valence-corrected chi connectivity index (χ2v) is 7.08. The first-order valence-electron chi connectivity index (χ1n) is 9.22. The SMILES string of the molecule is FC(F)(F)C1=CCCC=C1CN=C1Nc2ccccc2NC12CCOCC2. The van der Waals surface area contributed by atoms with Crippen LogP contribution in [0.3, 0.4) is 0 Å². The van der Waals surface area contributed by atoms with Crippen LogP contribution in [0.15, 0.2) is 52.6 Å². The summed E-state index contributed by atoms with van der Waals surface area (Å²) in [6.07, 6.45) is 1.07. The number of hydrogen-bond donors (Lipinski definition) is 2. The van der Waals surface area contributed by atoms with Crippen LogP contribution in [0, 0.1) is 0 Å². The van der Waals surface area contributed by atoms with Gasteiger partial charge in [-0.25, -0.2) is 0 Å². The third-order valence-corrected chi connectivity index (χ3v) is 5.32. The molecule has 1 aromatic rings. The van der Waals surface area contributed by atoms with E-state index in [2.05, 4.69) is 15.6 Å². The summed E-state index contributed by atoms with van der Waals surface area (Å²) in [6.45, 7) is 1.19. The predicted molar refractivity (Wildman–Crippen MR) is 100 cm³/mol. The number of rotatable bonds is 2. The number of fused-ring (bicyclic) bond motifs is 1. The number of ether oxygens (including phenoxy) is 1. The average molecular weight is 377 g/mol. The lowest BCUT2D eigenvalue weighted by Gasteiger charge is -2.43. The Hall–Kier alpha value is -2.28. The maximum Gasteiger partial charge on any atom is 0.416 e. The van der Waals surface area contributed by atoms with Crippen LogP contribution in [-0.2, 0) is 4.74 Å². The molecule has 0 bridgehead atoms. The van der Waals surface area contributed by atoms with Crippen LogP contribution in [-0.4, -0.2) is 37.3 Å². The molecule has 1 saturated heterocycles. The van der Waals surface area contributed by atoms with Gasteiger partial charge in [0.25, 0.3) is 0 Å². The number of amidine groups is 1. The van der Waals surface area contributed by atoms with Gasteiger partial charge in [0.15, 0.2) is 0 Å². The highest BCUT2D eigenvalue weighted by molar-refractivity contribution is 6.09. The first-order valence-corrected chi connectivity index (χ1v) is 9.22. The topological polar surface area (TPSA) is 45.7 Å². The molecule has 2 N–H and O–H groups in total. The fourth-order valence-corrected chi connectivity index (χ4v) is 3.88. The molecule has 1 aliphatic carbocycles. The van der Waals surface area contributed by atoms with Gasteiger partial charge < -0.3 is 15.4 Å². The summed E-state index contributed by atoms with van der Waals surface area (Å²) in [5.41, 5.74) is 1.14. The highest BCUT2D eigenvalue weighted by Crippen LogP contribution is 2.38. The normalized spacial score (nSPS) is 23.1. The number of anilines is 2. The molecule has 2 heterocycles. The minimum Gasteiger partial charge on any atom is -0.381 e. The lowest BCUT2D eigenvalue weighted by Crippen LogP contribution is -2.55. The quantitative estimate of drug-likeness (QED) is 0.787. The van der Waals surface area contributed by atoms with Gasteiger partial charge in [-0.3, -0.25) is 4.99 Å². The van der Waals surface area contributed by atoms with E-state index < -0.39 is 17.3 Å². The summed E-state index contributed by atoms with van der Waals surface area (Å²) in [4.78, 5) is 4.62. The van der Waals surface area contributed by atoms with Gasteiger partial charge in [-0.1, -0.05) is 24.3 Å². The molecule has 0 unspecified atom stereocenters. The van der Waals surface area contributed by atoms with Crippen molar-refractivity contribution in [2.75, 3.05) is 30.4 Å². The smallest absolute Gasteiger partial charge is 0.381 e. The molecule has 0 radical (unpaired) electrons. The lowest BCUT2D eigenvalue weighted by molar-refractivity contribution is -0.0898. The van der Waals surface area contributed by atoms with Crippen molar-refractivity contribution in [2.24, 2.45) is 4.99 Å². The van der Waals surface area contributed by atoms with E-state index in [1.165, 1.54) is 6.08 Å². The number of para-hydroxylation sites is 2. The molecule has 0 aromatic heterocycles. The van der Waals surface area contributed by atoms with Gasteiger partial charge in [-0.2, -0.15) is 13.2 Å². The van der Waals surface area contributed by atoms with Crippen molar-refractivity contribution in [1.29, 1.82) is 0 Å². The van der Waals surface area contributed by atoms with Crippen LogP contribution in [0.2, 0.25) is 0 Å². The van der Waals surface area contributed by atoms with Crippen molar-refractivity contribution in [2.45, 2.75) is 37.4 Å². The molecule has 4 rings (SSSR count). The molecule has 2 aliphatic heterocycles. The number of aliphatic imine (C=N–C) groups is 1. The minimum absolute atomic E-state index is 0.0140. The van der Waals surface area contributed by atoms with Crippen molar-refractivity contribution < 1.29 is 17.9 Å². The number of allylic oxidation sites excluding steroid dienone is 2. The predicted octanol–water partition coefficient (Wildman–Crippen LogP) is 4.68. The first-order chi connectivity index (χ1) is 13.0. The molecule has 4 nitrogen and oxygen atoms in total. The summed E-state index contributed by atoms with van der Waals surface area (Å²) in [6, 6.07) is 7.80. The van der Waals surface area contributed by atoms with Gasteiger partial charge in [0, 0.05) is 26.1 Å². The Kier molecular flexibility index (Phi) is 4.72. The van der Waals surface area contributed by atoms with Crippen LogP contribution in [0.1, 0.15) is 25.7 Å². The van der Waals surface area contributed by atoms with Crippen LogP contribution in [0.5, 0.6) is 0 Å². The summed E-state index contributed by atoms with van der Waals surface area (Å²) >= 11 is 0. The fourth-order valence-electron chi connectivity index (χ4n) is 3.88. The van der Waals surface area contributed by atoms with Gasteiger partial charge in [0.2, 0.25) is 0 Å². The van der Waals surface area contributed by atoms with E-state index in [0.29, 0.717) is 44.7 Å². The molecule has 7 heteroatoms. The number of halogens is 3. The van der Waals surface area contributed by atoms with Gasteiger partial charge >= 0.3 is 6.18 Å². The van der Waals surface area contributed by atoms with Gasteiger partial charge in [0.05, 0.1) is 29.0 Å². The van der Waals surface area contributed by atoms with Gasteiger partial charge in [-0.15, -0.1) is 0 Å². The molecule has 1 aromatic carbocycles. The zero-order chi connectivity index (χ0) is 18.9. The number of alkyl halides is 3. The molecule has 1 fully saturated rings. The minimum atomic E-state index is -4.34. The van der Waals surface area contributed by atoms with Crippen molar-refractivity contribution in [1.82, 2.24) is 0 Å². The second-order valence-electron chi connectivity index (χ2n) is 7.08. The van der Waals surface area contributed by atoms with E-state index in [0.717, 1.165) is 11.4 Å². The van der Waals surface area contributed by atoms with Crippen LogP contribution >= 0.6 is 0 Å².